The first-order valence-electron chi connectivity index (χ1n) is 34.3. The molecular formula is C74H75ClN22O16. The molecule has 0 atom stereocenters. The summed E-state index contributed by atoms with van der Waals surface area (Å²) in [6.07, 6.45) is -0.342. The third kappa shape index (κ3) is 19.4. The van der Waals surface area contributed by atoms with Crippen LogP contribution >= 0.6 is 11.6 Å². The van der Waals surface area contributed by atoms with E-state index < -0.39 is 58.0 Å². The number of methoxy groups -OCH3 is 3. The van der Waals surface area contributed by atoms with Gasteiger partial charge in [0.15, 0.2) is 17.5 Å². The smallest absolute Gasteiger partial charge is 0.408 e. The molecule has 0 radical (unpaired) electrons. The Kier molecular flexibility index (Phi) is 25.5. The molecule has 0 bridgehead atoms. The summed E-state index contributed by atoms with van der Waals surface area (Å²) < 4.78 is 24.2. The lowest BCUT2D eigenvalue weighted by Gasteiger charge is -2.21. The number of alkyl halides is 1. The SMILES string of the molecule is CC(C)(C)OC(=O)NCC1=Nc2n[nH]c(=O)c3cccc(c23)N1.CCC1=Nc2n[nH]c(=O)c3cccc(c23)N1.COC(=O)c1cccc2nc(CCl)[nH]c(=O)c12.COC(=O)c1cccc2nc(CN)[nH]c(=O)c12.COC(=O)c1cccc2nc(CNC(=O)OC(C)(C)C)[nH]c(=O)c12.NCC1=Nc2n[nH]c(=O)c3cccc(c23)N1. The molecule has 38 nitrogen and oxygen atoms in total. The molecular weight excluding hydrogens is 1490 g/mol. The zero-order valence-corrected chi connectivity index (χ0v) is 63.0. The van der Waals surface area contributed by atoms with Crippen molar-refractivity contribution in [2.75, 3.05) is 50.4 Å². The Labute approximate surface area is 642 Å². The summed E-state index contributed by atoms with van der Waals surface area (Å²) in [7, 11) is 3.76. The number of carbonyl (C=O) groups excluding carboxylic acids is 5. The van der Waals surface area contributed by atoms with Crippen molar-refractivity contribution in [3.8, 4) is 0 Å². The van der Waals surface area contributed by atoms with E-state index in [0.29, 0.717) is 85.4 Å². The Balaban J connectivity index is 0.000000145. The highest BCUT2D eigenvalue weighted by molar-refractivity contribution is 6.17. The van der Waals surface area contributed by atoms with Crippen LogP contribution in [0.2, 0.25) is 0 Å². The van der Waals surface area contributed by atoms with Crippen LogP contribution in [0.25, 0.3) is 65.0 Å². The number of halogens is 1. The van der Waals surface area contributed by atoms with Crippen LogP contribution in [0.5, 0.6) is 0 Å². The van der Waals surface area contributed by atoms with Crippen molar-refractivity contribution in [1.29, 1.82) is 0 Å². The predicted octanol–water partition coefficient (Wildman–Crippen LogP) is 7.38. The summed E-state index contributed by atoms with van der Waals surface area (Å²) >= 11 is 5.60. The number of alkyl carbamates (subject to hydrolysis) is 2. The minimum Gasteiger partial charge on any atom is -0.465 e. The minimum absolute atomic E-state index is 0.0114. The Morgan fingerprint density at radius 2 is 0.752 bits per heavy atom. The van der Waals surface area contributed by atoms with E-state index in [2.05, 4.69) is 116 Å². The highest BCUT2D eigenvalue weighted by Gasteiger charge is 2.24. The molecule has 6 aromatic carbocycles. The number of ether oxygens (including phenoxy) is 5. The van der Waals surface area contributed by atoms with Crippen LogP contribution < -0.4 is 71.4 Å². The number of rotatable bonds is 11. The molecule has 584 valence electrons. The van der Waals surface area contributed by atoms with Crippen molar-refractivity contribution >= 4 is 159 Å². The van der Waals surface area contributed by atoms with E-state index in [1.165, 1.54) is 39.5 Å². The van der Waals surface area contributed by atoms with Crippen LogP contribution in [0, 0.1) is 0 Å². The molecule has 3 aliphatic heterocycles. The monoisotopic (exact) mass is 1560 g/mol. The first-order chi connectivity index (χ1) is 54.0. The number of aliphatic imine (C=N–C) groups is 3. The van der Waals surface area contributed by atoms with Gasteiger partial charge in [-0.3, -0.25) is 28.8 Å². The van der Waals surface area contributed by atoms with Gasteiger partial charge < -0.3 is 76.7 Å². The summed E-state index contributed by atoms with van der Waals surface area (Å²) in [5.41, 5.74) is 12.0. The van der Waals surface area contributed by atoms with Crippen molar-refractivity contribution in [2.45, 2.75) is 85.1 Å². The number of aromatic amines is 6. The number of hydrogen-bond donors (Lipinski definition) is 13. The zero-order valence-electron chi connectivity index (χ0n) is 62.2. The zero-order chi connectivity index (χ0) is 81.6. The number of esters is 3. The molecule has 0 spiro atoms. The number of amidine groups is 3. The van der Waals surface area contributed by atoms with Crippen LogP contribution in [-0.4, -0.2) is 154 Å². The minimum atomic E-state index is -0.621. The number of benzene rings is 6. The first kappa shape index (κ1) is 81.3. The predicted molar refractivity (Wildman–Crippen MR) is 424 cm³/mol. The number of nitrogens with one attached hydrogen (secondary N) is 11. The van der Waals surface area contributed by atoms with E-state index in [1.54, 1.807) is 102 Å². The van der Waals surface area contributed by atoms with E-state index in [4.69, 9.17) is 32.5 Å². The van der Waals surface area contributed by atoms with Gasteiger partial charge in [-0.2, -0.15) is 15.3 Å². The van der Waals surface area contributed by atoms with Crippen LogP contribution in [0.15, 0.2) is 153 Å². The summed E-state index contributed by atoms with van der Waals surface area (Å²) in [6, 6.07) is 30.6. The Hall–Kier alpha value is -14.3. The van der Waals surface area contributed by atoms with Gasteiger partial charge in [-0.15, -0.1) is 11.6 Å². The van der Waals surface area contributed by atoms with Gasteiger partial charge in [-0.05, 0) is 114 Å². The van der Waals surface area contributed by atoms with Gasteiger partial charge in [0.05, 0.1) is 152 Å². The summed E-state index contributed by atoms with van der Waals surface area (Å²) in [6.45, 7) is 13.2. The van der Waals surface area contributed by atoms with E-state index in [-0.39, 0.29) is 80.9 Å². The van der Waals surface area contributed by atoms with Gasteiger partial charge in [-0.25, -0.2) is 69.2 Å². The molecule has 0 saturated heterocycles. The summed E-state index contributed by atoms with van der Waals surface area (Å²) in [5, 5.41) is 38.1. The van der Waals surface area contributed by atoms with Gasteiger partial charge in [-0.1, -0.05) is 43.3 Å². The third-order valence-electron chi connectivity index (χ3n) is 16.0. The normalized spacial score (nSPS) is 12.0. The maximum atomic E-state index is 12.3. The number of anilines is 3. The molecule has 0 aliphatic carbocycles. The number of hydrogen-bond acceptors (Lipinski definition) is 30. The summed E-state index contributed by atoms with van der Waals surface area (Å²) in [5.74, 6) is 2.86. The second-order valence-corrected chi connectivity index (χ2v) is 26.3. The van der Waals surface area contributed by atoms with Gasteiger partial charge >= 0.3 is 30.1 Å². The summed E-state index contributed by atoms with van der Waals surface area (Å²) in [4.78, 5) is 162. The van der Waals surface area contributed by atoms with Crippen molar-refractivity contribution in [3.05, 3.63) is 205 Å². The molecule has 9 heterocycles. The highest BCUT2D eigenvalue weighted by Crippen LogP contribution is 2.34. The quantitative estimate of drug-likeness (QED) is 0.0341. The molecule has 113 heavy (non-hydrogen) atoms. The van der Waals surface area contributed by atoms with Crippen LogP contribution in [0.1, 0.15) is 103 Å². The molecule has 6 aromatic heterocycles. The van der Waals surface area contributed by atoms with Crippen LogP contribution in [0.4, 0.5) is 44.1 Å². The number of H-pyrrole nitrogens is 6. The Bertz CT molecular complexity index is 5990. The van der Waals surface area contributed by atoms with Crippen molar-refractivity contribution < 1.29 is 47.7 Å². The first-order valence-corrected chi connectivity index (χ1v) is 34.8. The van der Waals surface area contributed by atoms with Crippen molar-refractivity contribution in [3.63, 3.8) is 0 Å². The number of fused-ring (bicyclic) bond motifs is 3. The fourth-order valence-corrected chi connectivity index (χ4v) is 11.3. The topological polar surface area (TPSA) is 555 Å². The molecule has 0 unspecified atom stereocenters. The average Bonchev–Trinajstić information content (AvgIpc) is 0.800. The highest BCUT2D eigenvalue weighted by atomic mass is 35.5. The van der Waals surface area contributed by atoms with Crippen LogP contribution in [0.3, 0.4) is 0 Å². The van der Waals surface area contributed by atoms with Gasteiger partial charge in [0.1, 0.15) is 46.2 Å². The second kappa shape index (κ2) is 35.4. The fourth-order valence-electron chi connectivity index (χ4n) is 11.2. The van der Waals surface area contributed by atoms with Crippen LogP contribution in [-0.2, 0) is 42.7 Å². The largest absolute Gasteiger partial charge is 0.465 e. The van der Waals surface area contributed by atoms with Gasteiger partial charge in [0.25, 0.3) is 33.4 Å². The number of carbonyl (C=O) groups is 5. The molecule has 3 aliphatic rings. The number of nitrogens with zero attached hydrogens (tertiary/aromatic N) is 9. The molecule has 0 saturated carbocycles. The van der Waals surface area contributed by atoms with E-state index >= 15 is 0 Å². The molecule has 2 amide bonds. The average molecular weight is 1560 g/mol. The molecule has 0 fully saturated rings. The van der Waals surface area contributed by atoms with Crippen molar-refractivity contribution in [2.24, 2.45) is 26.4 Å². The lowest BCUT2D eigenvalue weighted by Crippen LogP contribution is -2.37. The standard InChI is InChI=1S/C16H19N3O5.C15H17N5O3.C11H9ClN2O3.C11H10N4O.C11H11N3O3.C10H9N5O/c1-16(2,3)24-15(22)17-8-11-18-10-7-5-6-9(14(21)23-4)12(10)13(20)19-11;1-15(2,3)23-14(22)16-7-10-17-9-6-4-5-8-11(9)12(18-10)19-20-13(8)21;1-17-11(16)6-3-2-4-7-9(6)10(15)14-8(5-12)13-7;1-2-8-12-7-5-3-4-6-9(7)10(13-8)14-15-11(6)16;1-17-11(16)6-3-2-4-7-9(6)10(15)14-8(5-12)13-7;11-4-7-12-6-3-1-2-5-8(6)9(13-7)14-15-10(5)16/h5-7H,8H2,1-4H3,(H,17,22)(H,18,19,20);4-6H,7H2,1-3H3,(H,16,22)(H,20,21)(H,17,18,19);2-4H,5H2,1H3,(H,13,14,15);3-5H,2H2,1H3,(H,15,16)(H,12,13,14);2-4H,5,12H2,1H3,(H,13,14,15);1-3H,4,11H2,(H,15,16)(H,12,13,14). The Morgan fingerprint density at radius 1 is 0.416 bits per heavy atom. The maximum Gasteiger partial charge on any atom is 0.408 e. The third-order valence-corrected chi connectivity index (χ3v) is 16.2. The number of amides is 2. The van der Waals surface area contributed by atoms with E-state index in [9.17, 15) is 52.7 Å². The Morgan fingerprint density at radius 3 is 1.12 bits per heavy atom. The second-order valence-electron chi connectivity index (χ2n) is 26.1. The fraction of sp³-hybridized carbons (Fsp3) is 0.243. The van der Waals surface area contributed by atoms with E-state index in [1.807, 2.05) is 37.3 Å². The van der Waals surface area contributed by atoms with Gasteiger partial charge in [0.2, 0.25) is 0 Å². The van der Waals surface area contributed by atoms with Gasteiger partial charge in [0, 0.05) is 6.42 Å². The number of nitrogens with two attached hydrogens (primary N) is 2. The lowest BCUT2D eigenvalue weighted by atomic mass is 10.1. The lowest BCUT2D eigenvalue weighted by molar-refractivity contribution is 0.0515. The molecule has 15 N–H and O–H groups in total. The molecule has 12 aromatic rings. The molecule has 39 heteroatoms. The molecule has 15 rings (SSSR count). The maximum absolute atomic E-state index is 12.3. The van der Waals surface area contributed by atoms with E-state index in [0.717, 1.165) is 40.1 Å². The van der Waals surface area contributed by atoms with Crippen molar-refractivity contribution in [1.82, 2.24) is 71.1 Å². The number of aromatic nitrogens is 12.